The maximum atomic E-state index is 11.4. The molecule has 1 aliphatic heterocycles. The molecule has 8 bridgehead atoms. The maximum absolute atomic E-state index is 11.4. The summed E-state index contributed by atoms with van der Waals surface area (Å²) in [6.45, 7) is 0. The number of aromatic nitrogens is 4. The summed E-state index contributed by atoms with van der Waals surface area (Å²) in [5, 5.41) is 24.8. The molecule has 3 N–H and O–H groups in total. The Kier molecular flexibility index (Phi) is 6.33. The smallest absolute Gasteiger partial charge is 0.269 e. The van der Waals surface area contributed by atoms with Crippen molar-refractivity contribution in [2.45, 2.75) is 0 Å². The minimum Gasteiger partial charge on any atom is -0.354 e. The number of nitro benzene ring substituents is 2. The van der Waals surface area contributed by atoms with Crippen molar-refractivity contribution < 1.29 is 9.85 Å². The molecule has 0 saturated carbocycles. The highest BCUT2D eigenvalue weighted by atomic mass is 32.1. The number of H-pyrrole nitrogens is 3. The van der Waals surface area contributed by atoms with Gasteiger partial charge in [0.1, 0.15) is 0 Å². The van der Waals surface area contributed by atoms with Gasteiger partial charge in [-0.05, 0) is 95.4 Å². The summed E-state index contributed by atoms with van der Waals surface area (Å²) in [6.07, 6.45) is 3.88. The van der Waals surface area contributed by atoms with Gasteiger partial charge in [0.05, 0.1) is 26.8 Å². The molecule has 0 spiro atoms. The monoisotopic (exact) mass is 622 g/mol. The van der Waals surface area contributed by atoms with Crippen LogP contribution in [0.4, 0.5) is 11.4 Å². The molecule has 6 heterocycles. The summed E-state index contributed by atoms with van der Waals surface area (Å²) < 4.78 is 0. The molecule has 11 heteroatoms. The normalized spacial score (nSPS) is 11.7. The Morgan fingerprint density at radius 2 is 0.978 bits per heavy atom. The van der Waals surface area contributed by atoms with Crippen LogP contribution in [0.3, 0.4) is 0 Å². The Balaban J connectivity index is 1.50. The van der Waals surface area contributed by atoms with Gasteiger partial charge in [-0.1, -0.05) is 6.07 Å². The van der Waals surface area contributed by atoms with Crippen molar-refractivity contribution in [3.8, 4) is 32.7 Å². The first-order chi connectivity index (χ1) is 22.4. The minimum atomic E-state index is -0.409. The Morgan fingerprint density at radius 1 is 0.522 bits per heavy atom. The lowest BCUT2D eigenvalue weighted by Crippen LogP contribution is -1.89. The number of non-ortho nitro benzene ring substituents is 2. The van der Waals surface area contributed by atoms with Crippen molar-refractivity contribution in [3.05, 3.63) is 134 Å². The van der Waals surface area contributed by atoms with Gasteiger partial charge < -0.3 is 15.0 Å². The number of hydrogen-bond acceptors (Lipinski definition) is 6. The van der Waals surface area contributed by atoms with Crippen molar-refractivity contribution in [1.82, 2.24) is 19.9 Å². The molecule has 0 aliphatic carbocycles. The summed E-state index contributed by atoms with van der Waals surface area (Å²) in [5.41, 5.74) is 10.7. The Labute approximate surface area is 264 Å². The third-order valence-electron chi connectivity index (χ3n) is 8.08. The molecule has 0 amide bonds. The van der Waals surface area contributed by atoms with Crippen LogP contribution >= 0.6 is 11.3 Å². The molecule has 8 rings (SSSR count). The van der Waals surface area contributed by atoms with Gasteiger partial charge in [-0.15, -0.1) is 11.3 Å². The number of fused-ring (bicyclic) bond motifs is 9. The predicted molar refractivity (Wildman–Crippen MR) is 183 cm³/mol. The first kappa shape index (κ1) is 27.2. The lowest BCUT2D eigenvalue weighted by Gasteiger charge is -2.04. The molecular formula is C35H22N6O4S. The standard InChI is InChI=1S/C35H22N6O4S/c42-40(43)22-7-3-20(4-8-22)33-26-13-11-24(36-26)25-12-14-27(37-25)34(21-5-9-23(10-6-21)41(44)45)29-16-18-31(39-29)35(32-2-1-19-46-32)30-17-15-28(33)38-30/h1-19,36,38-39H. The number of aromatic amines is 3. The van der Waals surface area contributed by atoms with Crippen molar-refractivity contribution in [2.75, 3.05) is 0 Å². The number of nitro groups is 2. The summed E-state index contributed by atoms with van der Waals surface area (Å²) in [7, 11) is 0. The number of hydrogen-bond donors (Lipinski definition) is 3. The second-order valence-corrected chi connectivity index (χ2v) is 11.7. The van der Waals surface area contributed by atoms with Crippen LogP contribution in [0, 0.1) is 20.2 Å². The van der Waals surface area contributed by atoms with Crippen LogP contribution in [0.1, 0.15) is 11.4 Å². The van der Waals surface area contributed by atoms with Crippen LogP contribution in [0.15, 0.2) is 102 Å². The van der Waals surface area contributed by atoms with Crippen LogP contribution in [-0.2, 0) is 0 Å². The van der Waals surface area contributed by atoms with Crippen LogP contribution < -0.4 is 0 Å². The zero-order valence-corrected chi connectivity index (χ0v) is 24.7. The van der Waals surface area contributed by atoms with E-state index in [2.05, 4.69) is 21.0 Å². The summed E-state index contributed by atoms with van der Waals surface area (Å²) in [6, 6.07) is 29.1. The van der Waals surface area contributed by atoms with Crippen LogP contribution in [0.25, 0.3) is 77.9 Å². The van der Waals surface area contributed by atoms with Crippen molar-refractivity contribution in [3.63, 3.8) is 0 Å². The molecule has 0 radical (unpaired) electrons. The fourth-order valence-electron chi connectivity index (χ4n) is 5.94. The Bertz CT molecular complexity index is 2470. The van der Waals surface area contributed by atoms with E-state index in [1.807, 2.05) is 60.0 Å². The van der Waals surface area contributed by atoms with E-state index in [9.17, 15) is 20.2 Å². The second kappa shape index (κ2) is 10.7. The van der Waals surface area contributed by atoms with E-state index in [1.54, 1.807) is 35.6 Å². The maximum Gasteiger partial charge on any atom is 0.269 e. The summed E-state index contributed by atoms with van der Waals surface area (Å²) in [5.74, 6) is 0. The zero-order chi connectivity index (χ0) is 31.4. The SMILES string of the molecule is O=[N+]([O-])c1ccc(-c2c3nc(c4ccc([nH]4)c(-c4ccc([N+](=O)[O-])cc4)c4ccc([nH]4)c(-c4cccs4)c4ccc2[nH]4)C=C3)cc1. The topological polar surface area (TPSA) is 147 Å². The molecule has 46 heavy (non-hydrogen) atoms. The molecule has 0 unspecified atom stereocenters. The molecule has 0 saturated heterocycles. The average molecular weight is 623 g/mol. The molecule has 10 nitrogen and oxygen atoms in total. The van der Waals surface area contributed by atoms with Gasteiger partial charge in [-0.25, -0.2) is 4.98 Å². The van der Waals surface area contributed by atoms with Gasteiger partial charge >= 0.3 is 0 Å². The van der Waals surface area contributed by atoms with E-state index >= 15 is 0 Å². The third-order valence-corrected chi connectivity index (χ3v) is 8.97. The van der Waals surface area contributed by atoms with Gasteiger partial charge in [0.2, 0.25) is 0 Å². The van der Waals surface area contributed by atoms with E-state index in [-0.39, 0.29) is 11.4 Å². The largest absolute Gasteiger partial charge is 0.354 e. The van der Waals surface area contributed by atoms with E-state index in [4.69, 9.17) is 4.98 Å². The molecule has 222 valence electrons. The highest BCUT2D eigenvalue weighted by molar-refractivity contribution is 7.13. The number of benzene rings is 2. The van der Waals surface area contributed by atoms with Gasteiger partial charge in [0.25, 0.3) is 11.4 Å². The first-order valence-electron chi connectivity index (χ1n) is 14.3. The predicted octanol–water partition coefficient (Wildman–Crippen LogP) is 9.57. The van der Waals surface area contributed by atoms with Crippen LogP contribution in [-0.4, -0.2) is 29.8 Å². The summed E-state index contributed by atoms with van der Waals surface area (Å²) in [4.78, 5) is 38.8. The van der Waals surface area contributed by atoms with Gasteiger partial charge in [-0.3, -0.25) is 20.2 Å². The molecule has 2 aromatic carbocycles. The van der Waals surface area contributed by atoms with Gasteiger partial charge in [0.15, 0.2) is 0 Å². The third kappa shape index (κ3) is 4.62. The lowest BCUT2D eigenvalue weighted by molar-refractivity contribution is -0.385. The summed E-state index contributed by atoms with van der Waals surface area (Å²) >= 11 is 1.62. The van der Waals surface area contributed by atoms with Gasteiger partial charge in [-0.2, -0.15) is 0 Å². The van der Waals surface area contributed by atoms with Crippen molar-refractivity contribution >= 4 is 68.0 Å². The number of nitrogens with one attached hydrogen (secondary N) is 3. The van der Waals surface area contributed by atoms with Crippen molar-refractivity contribution in [2.24, 2.45) is 0 Å². The van der Waals surface area contributed by atoms with E-state index in [1.165, 1.54) is 24.3 Å². The quantitative estimate of drug-likeness (QED) is 0.129. The first-order valence-corrected chi connectivity index (χ1v) is 15.2. The highest BCUT2D eigenvalue weighted by Gasteiger charge is 2.16. The van der Waals surface area contributed by atoms with E-state index < -0.39 is 9.85 Å². The highest BCUT2D eigenvalue weighted by Crippen LogP contribution is 2.37. The molecule has 7 aromatic rings. The van der Waals surface area contributed by atoms with E-state index in [0.717, 1.165) is 71.5 Å². The van der Waals surface area contributed by atoms with Crippen LogP contribution in [0.2, 0.25) is 0 Å². The minimum absolute atomic E-state index is 0.0136. The van der Waals surface area contributed by atoms with Crippen molar-refractivity contribution in [1.29, 1.82) is 0 Å². The lowest BCUT2D eigenvalue weighted by atomic mass is 10.0. The van der Waals surface area contributed by atoms with E-state index in [0.29, 0.717) is 5.69 Å². The fraction of sp³-hybridized carbons (Fsp3) is 0. The molecular weight excluding hydrogens is 600 g/mol. The molecule has 0 fully saturated rings. The van der Waals surface area contributed by atoms with Gasteiger partial charge in [0, 0.05) is 73.4 Å². The average Bonchev–Trinajstić information content (AvgIpc) is 3.90. The number of rotatable bonds is 5. The zero-order valence-electron chi connectivity index (χ0n) is 23.9. The number of nitrogens with zero attached hydrogens (tertiary/aromatic N) is 3. The molecule has 0 atom stereocenters. The Hall–Kier alpha value is -6.33. The van der Waals surface area contributed by atoms with Crippen LogP contribution in [0.5, 0.6) is 0 Å². The fourth-order valence-corrected chi connectivity index (χ4v) is 6.74. The second-order valence-electron chi connectivity index (χ2n) is 10.8. The Morgan fingerprint density at radius 3 is 1.50 bits per heavy atom. The molecule has 5 aromatic heterocycles. The molecule has 1 aliphatic rings. The number of thiophene rings is 1.